The summed E-state index contributed by atoms with van der Waals surface area (Å²) in [5.41, 5.74) is 7.92. The van der Waals surface area contributed by atoms with E-state index in [4.69, 9.17) is 20.2 Å². The van der Waals surface area contributed by atoms with Gasteiger partial charge in [0, 0.05) is 45.4 Å². The third-order valence-corrected chi connectivity index (χ3v) is 6.81. The fourth-order valence-electron chi connectivity index (χ4n) is 5.22. The Balaban J connectivity index is 1.77. The van der Waals surface area contributed by atoms with Crippen LogP contribution in [0.5, 0.6) is 0 Å². The summed E-state index contributed by atoms with van der Waals surface area (Å²) in [5, 5.41) is 3.64. The zero-order valence-corrected chi connectivity index (χ0v) is 18.5. The molecule has 2 atom stereocenters. The molecule has 1 heterocycles. The molecule has 2 aliphatic carbocycles. The minimum Gasteiger partial charge on any atom is -0.381 e. The van der Waals surface area contributed by atoms with Crippen molar-refractivity contribution >= 4 is 0 Å². The van der Waals surface area contributed by atoms with E-state index in [1.807, 2.05) is 20.3 Å². The van der Waals surface area contributed by atoms with Gasteiger partial charge in [-0.2, -0.15) is 0 Å². The molecule has 3 rings (SSSR count). The van der Waals surface area contributed by atoms with Gasteiger partial charge >= 0.3 is 0 Å². The SMILES string of the molecule is CCNC1CCC(N(Cc2cccc(CN)n2)C2CC(OC)CC(OC)C2)CC1. The Labute approximate surface area is 176 Å². The maximum absolute atomic E-state index is 5.84. The second-order valence-corrected chi connectivity index (χ2v) is 8.64. The molecular formula is C23H40N4O2. The lowest BCUT2D eigenvalue weighted by atomic mass is 9.84. The van der Waals surface area contributed by atoms with E-state index in [9.17, 15) is 0 Å². The van der Waals surface area contributed by atoms with Crippen LogP contribution in [0.4, 0.5) is 0 Å². The molecule has 0 bridgehead atoms. The zero-order chi connectivity index (χ0) is 20.6. The molecule has 164 valence electrons. The average Bonchev–Trinajstić information content (AvgIpc) is 2.78. The lowest BCUT2D eigenvalue weighted by molar-refractivity contribution is -0.0571. The molecule has 0 saturated heterocycles. The summed E-state index contributed by atoms with van der Waals surface area (Å²) in [6.45, 7) is 4.62. The highest BCUT2D eigenvalue weighted by Gasteiger charge is 2.36. The van der Waals surface area contributed by atoms with E-state index in [1.165, 1.54) is 25.7 Å². The number of nitrogens with two attached hydrogens (primary N) is 1. The number of ether oxygens (including phenoxy) is 2. The third-order valence-electron chi connectivity index (χ3n) is 6.81. The van der Waals surface area contributed by atoms with Crippen LogP contribution in [0.3, 0.4) is 0 Å². The molecule has 2 unspecified atom stereocenters. The fourth-order valence-corrected chi connectivity index (χ4v) is 5.22. The van der Waals surface area contributed by atoms with Crippen molar-refractivity contribution in [2.75, 3.05) is 20.8 Å². The second-order valence-electron chi connectivity index (χ2n) is 8.64. The number of hydrogen-bond acceptors (Lipinski definition) is 6. The highest BCUT2D eigenvalue weighted by molar-refractivity contribution is 5.11. The largest absolute Gasteiger partial charge is 0.381 e. The van der Waals surface area contributed by atoms with Gasteiger partial charge in [0.2, 0.25) is 0 Å². The smallest absolute Gasteiger partial charge is 0.0611 e. The molecule has 29 heavy (non-hydrogen) atoms. The van der Waals surface area contributed by atoms with Crippen molar-refractivity contribution in [3.05, 3.63) is 29.6 Å². The van der Waals surface area contributed by atoms with Crippen LogP contribution in [0.25, 0.3) is 0 Å². The van der Waals surface area contributed by atoms with E-state index in [2.05, 4.69) is 29.3 Å². The van der Waals surface area contributed by atoms with Gasteiger partial charge in [-0.25, -0.2) is 0 Å². The van der Waals surface area contributed by atoms with Gasteiger partial charge < -0.3 is 20.5 Å². The van der Waals surface area contributed by atoms with Gasteiger partial charge in [-0.15, -0.1) is 0 Å². The number of nitrogens with one attached hydrogen (secondary N) is 1. The number of hydrogen-bond donors (Lipinski definition) is 2. The van der Waals surface area contributed by atoms with Crippen LogP contribution >= 0.6 is 0 Å². The highest BCUT2D eigenvalue weighted by atomic mass is 16.5. The van der Waals surface area contributed by atoms with Crippen molar-refractivity contribution in [2.45, 2.75) is 95.3 Å². The minimum absolute atomic E-state index is 0.266. The third kappa shape index (κ3) is 6.22. The maximum atomic E-state index is 5.84. The van der Waals surface area contributed by atoms with Crippen molar-refractivity contribution in [1.29, 1.82) is 0 Å². The molecular weight excluding hydrogens is 364 g/mol. The Hall–Kier alpha value is -1.05. The van der Waals surface area contributed by atoms with Gasteiger partial charge in [0.15, 0.2) is 0 Å². The summed E-state index contributed by atoms with van der Waals surface area (Å²) in [5.74, 6) is 0. The standard InChI is InChI=1S/C23H40N4O2/c1-4-25-17-8-10-20(11-9-17)27(16-19-7-5-6-18(15-24)26-19)21-12-22(28-2)14-23(13-21)29-3/h5-7,17,20-23,25H,4,8-16,24H2,1-3H3. The number of pyridine rings is 1. The van der Waals surface area contributed by atoms with Crippen LogP contribution in [0.2, 0.25) is 0 Å². The Kier molecular flexibility index (Phi) is 8.87. The fraction of sp³-hybridized carbons (Fsp3) is 0.783. The van der Waals surface area contributed by atoms with Crippen LogP contribution in [0, 0.1) is 0 Å². The molecule has 1 aromatic heterocycles. The molecule has 0 amide bonds. The molecule has 2 fully saturated rings. The first-order chi connectivity index (χ1) is 14.2. The molecule has 2 aliphatic rings. The van der Waals surface area contributed by atoms with Gasteiger partial charge in [0.25, 0.3) is 0 Å². The summed E-state index contributed by atoms with van der Waals surface area (Å²) in [6.07, 6.45) is 8.63. The molecule has 1 aromatic rings. The highest BCUT2D eigenvalue weighted by Crippen LogP contribution is 2.33. The Morgan fingerprint density at radius 3 is 2.24 bits per heavy atom. The van der Waals surface area contributed by atoms with Gasteiger partial charge in [0.05, 0.1) is 23.6 Å². The predicted molar refractivity (Wildman–Crippen MR) is 117 cm³/mol. The number of aromatic nitrogens is 1. The molecule has 0 aliphatic heterocycles. The second kappa shape index (κ2) is 11.4. The van der Waals surface area contributed by atoms with E-state index >= 15 is 0 Å². The van der Waals surface area contributed by atoms with Crippen molar-refractivity contribution in [3.8, 4) is 0 Å². The normalized spacial score (nSPS) is 30.6. The van der Waals surface area contributed by atoms with Crippen LogP contribution < -0.4 is 11.1 Å². The first-order valence-corrected chi connectivity index (χ1v) is 11.4. The molecule has 6 nitrogen and oxygen atoms in total. The lowest BCUT2D eigenvalue weighted by Crippen LogP contribution is -2.51. The summed E-state index contributed by atoms with van der Waals surface area (Å²) < 4.78 is 11.6. The van der Waals surface area contributed by atoms with Crippen LogP contribution in [-0.4, -0.2) is 61.0 Å². The van der Waals surface area contributed by atoms with Crippen LogP contribution in [-0.2, 0) is 22.6 Å². The Bertz CT molecular complexity index is 594. The van der Waals surface area contributed by atoms with Crippen LogP contribution in [0.15, 0.2) is 18.2 Å². The first kappa shape index (κ1) is 22.6. The summed E-state index contributed by atoms with van der Waals surface area (Å²) in [7, 11) is 3.66. The van der Waals surface area contributed by atoms with Gasteiger partial charge in [-0.3, -0.25) is 9.88 Å². The van der Waals surface area contributed by atoms with Gasteiger partial charge in [-0.05, 0) is 63.6 Å². The zero-order valence-electron chi connectivity index (χ0n) is 18.5. The summed E-state index contributed by atoms with van der Waals surface area (Å²) >= 11 is 0. The van der Waals surface area contributed by atoms with E-state index in [-0.39, 0.29) is 12.2 Å². The number of rotatable bonds is 9. The number of methoxy groups -OCH3 is 2. The topological polar surface area (TPSA) is 72.6 Å². The Morgan fingerprint density at radius 1 is 1.00 bits per heavy atom. The quantitative estimate of drug-likeness (QED) is 0.659. The van der Waals surface area contributed by atoms with Crippen LogP contribution in [0.1, 0.15) is 63.3 Å². The van der Waals surface area contributed by atoms with E-state index in [0.29, 0.717) is 24.7 Å². The summed E-state index contributed by atoms with van der Waals surface area (Å²) in [6, 6.07) is 7.95. The van der Waals surface area contributed by atoms with E-state index in [1.54, 1.807) is 0 Å². The summed E-state index contributed by atoms with van der Waals surface area (Å²) in [4.78, 5) is 7.51. The van der Waals surface area contributed by atoms with Gasteiger partial charge in [0.1, 0.15) is 0 Å². The van der Waals surface area contributed by atoms with E-state index < -0.39 is 0 Å². The van der Waals surface area contributed by atoms with E-state index in [0.717, 1.165) is 43.7 Å². The maximum Gasteiger partial charge on any atom is 0.0611 e. The Morgan fingerprint density at radius 2 is 1.66 bits per heavy atom. The van der Waals surface area contributed by atoms with Crippen molar-refractivity contribution in [2.24, 2.45) is 5.73 Å². The average molecular weight is 405 g/mol. The van der Waals surface area contributed by atoms with Crippen molar-refractivity contribution < 1.29 is 9.47 Å². The molecule has 6 heteroatoms. The molecule has 0 aromatic carbocycles. The van der Waals surface area contributed by atoms with Crippen molar-refractivity contribution in [1.82, 2.24) is 15.2 Å². The predicted octanol–water partition coefficient (Wildman–Crippen LogP) is 2.85. The van der Waals surface area contributed by atoms with Crippen molar-refractivity contribution in [3.63, 3.8) is 0 Å². The molecule has 2 saturated carbocycles. The molecule has 0 radical (unpaired) electrons. The molecule has 3 N–H and O–H groups in total. The molecule has 0 spiro atoms. The lowest BCUT2D eigenvalue weighted by Gasteiger charge is -2.45. The minimum atomic E-state index is 0.266. The monoisotopic (exact) mass is 404 g/mol. The number of nitrogens with zero attached hydrogens (tertiary/aromatic N) is 2. The van der Waals surface area contributed by atoms with Gasteiger partial charge in [-0.1, -0.05) is 13.0 Å². The first-order valence-electron chi connectivity index (χ1n) is 11.4.